The first kappa shape index (κ1) is 23.1. The fraction of sp³-hybridized carbons (Fsp3) is 0.294. The van der Waals surface area contributed by atoms with Crippen LogP contribution in [0.2, 0.25) is 0 Å². The van der Waals surface area contributed by atoms with Crippen molar-refractivity contribution in [2.45, 2.75) is 19.4 Å². The number of pyridine rings is 1. The first-order chi connectivity index (χ1) is 11.2. The minimum Gasteiger partial charge on any atom is -0.453 e. The standard InChI is InChI=1S/C17H20FN3O2.2ClH/c1-19-8-3-5-17(22)21-11-13-6-7-16(15(18)10-13)23-14-4-2-9-20-12-14;;/h2,4,6-7,9-10,12,19H,3,5,8,11H2,1H3,(H,21,22);2*1H. The smallest absolute Gasteiger partial charge is 0.220 e. The highest BCUT2D eigenvalue weighted by atomic mass is 35.5. The van der Waals surface area contributed by atoms with E-state index in [0.29, 0.717) is 24.3 Å². The SMILES string of the molecule is CNCCCC(=O)NCc1ccc(Oc2cccnc2)c(F)c1.Cl.Cl. The number of nitrogens with one attached hydrogen (secondary N) is 2. The van der Waals surface area contributed by atoms with E-state index in [1.54, 1.807) is 30.5 Å². The molecule has 1 aromatic carbocycles. The van der Waals surface area contributed by atoms with Crippen LogP contribution in [0.4, 0.5) is 4.39 Å². The molecule has 2 N–H and O–H groups in total. The summed E-state index contributed by atoms with van der Waals surface area (Å²) in [7, 11) is 1.84. The van der Waals surface area contributed by atoms with Crippen molar-refractivity contribution in [1.82, 2.24) is 15.6 Å². The molecule has 1 aromatic heterocycles. The predicted molar refractivity (Wildman–Crippen MR) is 100 cm³/mol. The quantitative estimate of drug-likeness (QED) is 0.678. The number of halogens is 3. The van der Waals surface area contributed by atoms with Crippen molar-refractivity contribution in [3.05, 3.63) is 54.1 Å². The van der Waals surface area contributed by atoms with Gasteiger partial charge in [-0.05, 0) is 49.8 Å². The fourth-order valence-corrected chi connectivity index (χ4v) is 1.99. The predicted octanol–water partition coefficient (Wildman–Crippen LogP) is 3.47. The fourth-order valence-electron chi connectivity index (χ4n) is 1.99. The summed E-state index contributed by atoms with van der Waals surface area (Å²) in [5.41, 5.74) is 0.683. The lowest BCUT2D eigenvalue weighted by atomic mass is 10.2. The molecule has 1 amide bonds. The summed E-state index contributed by atoms with van der Waals surface area (Å²) >= 11 is 0. The second-order valence-corrected chi connectivity index (χ2v) is 5.04. The molecule has 0 saturated heterocycles. The van der Waals surface area contributed by atoms with E-state index in [2.05, 4.69) is 15.6 Å². The van der Waals surface area contributed by atoms with Crippen LogP contribution in [0, 0.1) is 5.82 Å². The third kappa shape index (κ3) is 8.16. The molecule has 25 heavy (non-hydrogen) atoms. The van der Waals surface area contributed by atoms with Crippen molar-refractivity contribution in [2.24, 2.45) is 0 Å². The Hall–Kier alpha value is -1.89. The summed E-state index contributed by atoms with van der Waals surface area (Å²) in [5, 5.41) is 5.75. The molecule has 138 valence electrons. The van der Waals surface area contributed by atoms with Gasteiger partial charge in [0.1, 0.15) is 5.75 Å². The number of aromatic nitrogens is 1. The molecule has 0 unspecified atom stereocenters. The van der Waals surface area contributed by atoms with Crippen LogP contribution < -0.4 is 15.4 Å². The molecule has 8 heteroatoms. The maximum Gasteiger partial charge on any atom is 0.220 e. The molecule has 0 fully saturated rings. The molecule has 2 aromatic rings. The van der Waals surface area contributed by atoms with Crippen LogP contribution in [-0.4, -0.2) is 24.5 Å². The molecule has 2 rings (SSSR count). The molecule has 0 spiro atoms. The van der Waals surface area contributed by atoms with Crippen LogP contribution in [-0.2, 0) is 11.3 Å². The molecule has 0 bridgehead atoms. The van der Waals surface area contributed by atoms with Crippen LogP contribution >= 0.6 is 24.8 Å². The van der Waals surface area contributed by atoms with Gasteiger partial charge < -0.3 is 15.4 Å². The summed E-state index contributed by atoms with van der Waals surface area (Å²) < 4.78 is 19.5. The molecule has 0 aliphatic rings. The maximum absolute atomic E-state index is 14.0. The van der Waals surface area contributed by atoms with Crippen molar-refractivity contribution < 1.29 is 13.9 Å². The molecule has 0 aliphatic carbocycles. The zero-order chi connectivity index (χ0) is 16.5. The van der Waals surface area contributed by atoms with Gasteiger partial charge in [-0.1, -0.05) is 6.07 Å². The molecule has 0 saturated carbocycles. The van der Waals surface area contributed by atoms with Gasteiger partial charge in [-0.3, -0.25) is 9.78 Å². The minimum atomic E-state index is -0.476. The molecule has 1 heterocycles. The first-order valence-electron chi connectivity index (χ1n) is 7.46. The summed E-state index contributed by atoms with van der Waals surface area (Å²) in [5.74, 6) is 0.0752. The Balaban J connectivity index is 0.00000288. The largest absolute Gasteiger partial charge is 0.453 e. The van der Waals surface area contributed by atoms with Crippen LogP contribution in [0.15, 0.2) is 42.7 Å². The summed E-state index contributed by atoms with van der Waals surface area (Å²) in [6.45, 7) is 1.09. The van der Waals surface area contributed by atoms with Crippen LogP contribution in [0.1, 0.15) is 18.4 Å². The zero-order valence-corrected chi connectivity index (χ0v) is 15.5. The number of ether oxygens (including phenoxy) is 1. The molecule has 0 atom stereocenters. The Kier molecular flexibility index (Phi) is 11.5. The highest BCUT2D eigenvalue weighted by Gasteiger charge is 2.07. The second kappa shape index (κ2) is 12.5. The number of hydrogen-bond acceptors (Lipinski definition) is 4. The Morgan fingerprint density at radius 1 is 1.28 bits per heavy atom. The van der Waals surface area contributed by atoms with Crippen LogP contribution in [0.3, 0.4) is 0 Å². The molecule has 0 radical (unpaired) electrons. The normalized spacial score (nSPS) is 9.52. The van der Waals surface area contributed by atoms with E-state index >= 15 is 0 Å². The summed E-state index contributed by atoms with van der Waals surface area (Å²) in [6.07, 6.45) is 4.35. The zero-order valence-electron chi connectivity index (χ0n) is 13.8. The Labute approximate surface area is 159 Å². The monoisotopic (exact) mass is 389 g/mol. The van der Waals surface area contributed by atoms with Crippen molar-refractivity contribution in [1.29, 1.82) is 0 Å². The lowest BCUT2D eigenvalue weighted by Crippen LogP contribution is -2.23. The van der Waals surface area contributed by atoms with Crippen molar-refractivity contribution in [3.63, 3.8) is 0 Å². The Morgan fingerprint density at radius 2 is 2.08 bits per heavy atom. The van der Waals surface area contributed by atoms with E-state index < -0.39 is 5.82 Å². The highest BCUT2D eigenvalue weighted by molar-refractivity contribution is 5.85. The van der Waals surface area contributed by atoms with Gasteiger partial charge in [0.2, 0.25) is 5.91 Å². The third-order valence-corrected chi connectivity index (χ3v) is 3.18. The van der Waals surface area contributed by atoms with Gasteiger partial charge in [0, 0.05) is 19.2 Å². The average Bonchev–Trinajstić information content (AvgIpc) is 2.56. The number of carbonyl (C=O) groups excluding carboxylic acids is 1. The van der Waals surface area contributed by atoms with E-state index in [9.17, 15) is 9.18 Å². The average molecular weight is 390 g/mol. The lowest BCUT2D eigenvalue weighted by Gasteiger charge is -2.09. The maximum atomic E-state index is 14.0. The van der Waals surface area contributed by atoms with E-state index in [4.69, 9.17) is 4.74 Å². The number of carbonyl (C=O) groups is 1. The van der Waals surface area contributed by atoms with E-state index in [-0.39, 0.29) is 36.5 Å². The number of nitrogens with zero attached hydrogens (tertiary/aromatic N) is 1. The van der Waals surface area contributed by atoms with Gasteiger partial charge in [-0.2, -0.15) is 0 Å². The first-order valence-corrected chi connectivity index (χ1v) is 7.46. The van der Waals surface area contributed by atoms with Gasteiger partial charge >= 0.3 is 0 Å². The summed E-state index contributed by atoms with van der Waals surface area (Å²) in [6, 6.07) is 8.05. The lowest BCUT2D eigenvalue weighted by molar-refractivity contribution is -0.121. The van der Waals surface area contributed by atoms with Gasteiger partial charge in [-0.15, -0.1) is 24.8 Å². The van der Waals surface area contributed by atoms with Gasteiger partial charge in [0.25, 0.3) is 0 Å². The molecular weight excluding hydrogens is 368 g/mol. The van der Waals surface area contributed by atoms with Crippen LogP contribution in [0.5, 0.6) is 11.5 Å². The van der Waals surface area contributed by atoms with E-state index in [1.807, 2.05) is 7.05 Å². The number of hydrogen-bond donors (Lipinski definition) is 2. The topological polar surface area (TPSA) is 63.2 Å². The summed E-state index contributed by atoms with van der Waals surface area (Å²) in [4.78, 5) is 15.5. The van der Waals surface area contributed by atoms with Gasteiger partial charge in [0.15, 0.2) is 11.6 Å². The molecule has 5 nitrogen and oxygen atoms in total. The van der Waals surface area contributed by atoms with Crippen molar-refractivity contribution in [3.8, 4) is 11.5 Å². The van der Waals surface area contributed by atoms with Crippen molar-refractivity contribution >= 4 is 30.7 Å². The molecule has 0 aliphatic heterocycles. The van der Waals surface area contributed by atoms with Gasteiger partial charge in [-0.25, -0.2) is 4.39 Å². The number of amides is 1. The van der Waals surface area contributed by atoms with E-state index in [0.717, 1.165) is 13.0 Å². The Morgan fingerprint density at radius 3 is 2.72 bits per heavy atom. The second-order valence-electron chi connectivity index (χ2n) is 5.04. The minimum absolute atomic E-state index is 0. The molecular formula is C17H22Cl2FN3O2. The van der Waals surface area contributed by atoms with Crippen molar-refractivity contribution in [2.75, 3.05) is 13.6 Å². The van der Waals surface area contributed by atoms with Crippen LogP contribution in [0.25, 0.3) is 0 Å². The highest BCUT2D eigenvalue weighted by Crippen LogP contribution is 2.24. The number of benzene rings is 1. The van der Waals surface area contributed by atoms with Gasteiger partial charge in [0.05, 0.1) is 6.20 Å². The van der Waals surface area contributed by atoms with E-state index in [1.165, 1.54) is 12.3 Å². The Bertz CT molecular complexity index is 645. The third-order valence-electron chi connectivity index (χ3n) is 3.18. The number of rotatable bonds is 8.